The molecule has 0 aromatic heterocycles. The predicted octanol–water partition coefficient (Wildman–Crippen LogP) is 0.0737. The molecule has 0 aliphatic carbocycles. The van der Waals surface area contributed by atoms with E-state index in [1.165, 1.54) is 0 Å². The SMILES string of the molecule is [N-]=[N+]=N[C@@]1(O)C[C@H](O)[C@@H](CO)N(C(O)CCC(F)(F)F)C1. The Morgan fingerprint density at radius 3 is 2.57 bits per heavy atom. The predicted molar refractivity (Wildman–Crippen MR) is 63.6 cm³/mol. The first kappa shape index (κ1) is 18.0. The number of likely N-dealkylation sites (tertiary alicyclic amines) is 1. The zero-order chi connectivity index (χ0) is 16.3. The molecule has 1 saturated heterocycles. The van der Waals surface area contributed by atoms with E-state index < -0.39 is 56.3 Å². The van der Waals surface area contributed by atoms with Crippen LogP contribution >= 0.6 is 0 Å². The Morgan fingerprint density at radius 1 is 1.48 bits per heavy atom. The smallest absolute Gasteiger partial charge is 0.389 e. The number of piperidine rings is 1. The molecule has 1 heterocycles. The van der Waals surface area contributed by atoms with Crippen LogP contribution in [-0.2, 0) is 0 Å². The van der Waals surface area contributed by atoms with E-state index in [-0.39, 0.29) is 6.42 Å². The third-order valence-corrected chi connectivity index (χ3v) is 3.33. The minimum atomic E-state index is -4.47. The van der Waals surface area contributed by atoms with Crippen LogP contribution in [0.5, 0.6) is 0 Å². The molecule has 0 spiro atoms. The van der Waals surface area contributed by atoms with Gasteiger partial charge in [0, 0.05) is 24.3 Å². The summed E-state index contributed by atoms with van der Waals surface area (Å²) in [6, 6.07) is -1.05. The van der Waals surface area contributed by atoms with E-state index in [0.29, 0.717) is 0 Å². The topological polar surface area (TPSA) is 133 Å². The Hall–Kier alpha value is -1.10. The molecule has 4 atom stereocenters. The Kier molecular flexibility index (Phi) is 5.79. The van der Waals surface area contributed by atoms with E-state index in [0.717, 1.165) is 4.90 Å². The summed E-state index contributed by atoms with van der Waals surface area (Å²) < 4.78 is 36.5. The van der Waals surface area contributed by atoms with Crippen LogP contribution in [0.1, 0.15) is 19.3 Å². The molecule has 8 nitrogen and oxygen atoms in total. The molecule has 1 aliphatic heterocycles. The lowest BCUT2D eigenvalue weighted by Gasteiger charge is -2.46. The van der Waals surface area contributed by atoms with Gasteiger partial charge in [-0.2, -0.15) is 13.2 Å². The van der Waals surface area contributed by atoms with Crippen LogP contribution in [0.3, 0.4) is 0 Å². The maximum Gasteiger partial charge on any atom is 0.389 e. The van der Waals surface area contributed by atoms with E-state index in [1.54, 1.807) is 0 Å². The van der Waals surface area contributed by atoms with Crippen LogP contribution in [0.4, 0.5) is 13.2 Å². The molecule has 11 heteroatoms. The second kappa shape index (κ2) is 6.77. The minimum absolute atomic E-state index is 0.384. The highest BCUT2D eigenvalue weighted by Gasteiger charge is 2.45. The molecular weight excluding hydrogens is 297 g/mol. The van der Waals surface area contributed by atoms with Gasteiger partial charge >= 0.3 is 6.18 Å². The fraction of sp³-hybridized carbons (Fsp3) is 1.00. The highest BCUT2D eigenvalue weighted by molar-refractivity contribution is 4.96. The van der Waals surface area contributed by atoms with Crippen molar-refractivity contribution in [2.75, 3.05) is 13.2 Å². The molecule has 0 bridgehead atoms. The summed E-state index contributed by atoms with van der Waals surface area (Å²) in [5.74, 6) is 0. The van der Waals surface area contributed by atoms with Crippen LogP contribution in [0.25, 0.3) is 10.4 Å². The van der Waals surface area contributed by atoms with Gasteiger partial charge in [-0.1, -0.05) is 5.11 Å². The number of β-amino-alcohol motifs (C(OH)–C–C–N with tert-alkyl or cyclic N) is 1. The van der Waals surface area contributed by atoms with Crippen molar-refractivity contribution < 1.29 is 33.6 Å². The molecular formula is C10H17F3N4O4. The lowest BCUT2D eigenvalue weighted by molar-refractivity contribution is -0.179. The standard InChI is InChI=1S/C10H17F3N4O4/c11-10(12,13)2-1-8(20)17-5-9(21,15-16-14)3-7(19)6(17)4-18/h6-8,18-21H,1-5H2/t6-,7+,8?,9-/m1/s1. The third-order valence-electron chi connectivity index (χ3n) is 3.33. The van der Waals surface area contributed by atoms with Crippen molar-refractivity contribution in [1.82, 2.24) is 4.90 Å². The Bertz CT molecular complexity index is 404. The van der Waals surface area contributed by atoms with Gasteiger partial charge in [-0.05, 0) is 12.0 Å². The van der Waals surface area contributed by atoms with Crippen molar-refractivity contribution in [3.05, 3.63) is 10.4 Å². The highest BCUT2D eigenvalue weighted by atomic mass is 19.4. The molecule has 1 rings (SSSR count). The van der Waals surface area contributed by atoms with Crippen LogP contribution < -0.4 is 0 Å². The summed E-state index contributed by atoms with van der Waals surface area (Å²) >= 11 is 0. The van der Waals surface area contributed by atoms with Gasteiger partial charge in [0.05, 0.1) is 18.8 Å². The van der Waals surface area contributed by atoms with Gasteiger partial charge in [0.25, 0.3) is 0 Å². The lowest BCUT2D eigenvalue weighted by Crippen LogP contribution is -2.62. The molecule has 21 heavy (non-hydrogen) atoms. The first-order valence-electron chi connectivity index (χ1n) is 6.20. The van der Waals surface area contributed by atoms with Gasteiger partial charge in [-0.25, -0.2) is 0 Å². The molecule has 0 amide bonds. The number of aliphatic hydroxyl groups is 4. The first-order chi connectivity index (χ1) is 9.62. The lowest BCUT2D eigenvalue weighted by atomic mass is 9.92. The maximum absolute atomic E-state index is 12.2. The number of rotatable bonds is 5. The van der Waals surface area contributed by atoms with Crippen molar-refractivity contribution >= 4 is 0 Å². The maximum atomic E-state index is 12.2. The number of hydrogen-bond donors (Lipinski definition) is 4. The van der Waals surface area contributed by atoms with Crippen LogP contribution in [-0.4, -0.2) is 68.8 Å². The fourth-order valence-electron chi connectivity index (χ4n) is 2.33. The highest BCUT2D eigenvalue weighted by Crippen LogP contribution is 2.31. The van der Waals surface area contributed by atoms with Gasteiger partial charge in [0.1, 0.15) is 6.23 Å². The summed E-state index contributed by atoms with van der Waals surface area (Å²) in [6.07, 6.45) is -9.83. The Balaban J connectivity index is 2.85. The van der Waals surface area contributed by atoms with E-state index in [2.05, 4.69) is 10.0 Å². The number of halogens is 3. The van der Waals surface area contributed by atoms with Crippen molar-refractivity contribution in [1.29, 1.82) is 0 Å². The quantitative estimate of drug-likeness (QED) is 0.324. The fourth-order valence-corrected chi connectivity index (χ4v) is 2.33. The molecule has 0 radical (unpaired) electrons. The van der Waals surface area contributed by atoms with Gasteiger partial charge in [0.15, 0.2) is 5.72 Å². The molecule has 1 fully saturated rings. The van der Waals surface area contributed by atoms with E-state index >= 15 is 0 Å². The summed E-state index contributed by atoms with van der Waals surface area (Å²) in [6.45, 7) is -1.12. The van der Waals surface area contributed by atoms with Gasteiger partial charge in [-0.15, -0.1) is 0 Å². The zero-order valence-corrected chi connectivity index (χ0v) is 11.0. The number of aliphatic hydroxyl groups excluding tert-OH is 3. The molecule has 1 unspecified atom stereocenters. The van der Waals surface area contributed by atoms with Crippen molar-refractivity contribution in [3.63, 3.8) is 0 Å². The Morgan fingerprint density at radius 2 is 2.10 bits per heavy atom. The van der Waals surface area contributed by atoms with Gasteiger partial charge < -0.3 is 20.4 Å². The summed E-state index contributed by atoms with van der Waals surface area (Å²) in [7, 11) is 0. The van der Waals surface area contributed by atoms with E-state index in [9.17, 15) is 33.6 Å². The first-order valence-corrected chi connectivity index (χ1v) is 6.20. The van der Waals surface area contributed by atoms with Crippen molar-refractivity contribution in [2.45, 2.75) is 49.5 Å². The minimum Gasteiger partial charge on any atom is -0.395 e. The van der Waals surface area contributed by atoms with Crippen LogP contribution in [0.2, 0.25) is 0 Å². The van der Waals surface area contributed by atoms with Gasteiger partial charge in [-0.3, -0.25) is 4.90 Å². The second-order valence-electron chi connectivity index (χ2n) is 5.00. The molecule has 1 aliphatic rings. The zero-order valence-electron chi connectivity index (χ0n) is 11.0. The number of alkyl halides is 3. The van der Waals surface area contributed by atoms with Crippen molar-refractivity contribution in [3.8, 4) is 0 Å². The van der Waals surface area contributed by atoms with Crippen molar-refractivity contribution in [2.24, 2.45) is 5.11 Å². The largest absolute Gasteiger partial charge is 0.395 e. The molecule has 0 aromatic rings. The monoisotopic (exact) mass is 314 g/mol. The summed E-state index contributed by atoms with van der Waals surface area (Å²) in [4.78, 5) is 3.32. The Labute approximate surface area is 118 Å². The van der Waals surface area contributed by atoms with Gasteiger partial charge in [0.2, 0.25) is 0 Å². The van der Waals surface area contributed by atoms with Crippen LogP contribution in [0.15, 0.2) is 5.11 Å². The molecule has 0 aromatic carbocycles. The molecule has 0 saturated carbocycles. The number of hydrogen-bond acceptors (Lipinski definition) is 6. The van der Waals surface area contributed by atoms with E-state index in [4.69, 9.17) is 5.53 Å². The average molecular weight is 314 g/mol. The van der Waals surface area contributed by atoms with E-state index in [1.807, 2.05) is 0 Å². The second-order valence-corrected chi connectivity index (χ2v) is 5.00. The number of azide groups is 1. The molecule has 4 N–H and O–H groups in total. The summed E-state index contributed by atoms with van der Waals surface area (Å²) in [5.41, 5.74) is 6.31. The molecule has 122 valence electrons. The van der Waals surface area contributed by atoms with Crippen LogP contribution in [0, 0.1) is 0 Å². The number of nitrogens with zero attached hydrogens (tertiary/aromatic N) is 4. The third kappa shape index (κ3) is 4.99. The average Bonchev–Trinajstić information content (AvgIpc) is 2.34. The summed E-state index contributed by atoms with van der Waals surface area (Å²) in [5, 5.41) is 41.9. The normalized spacial score (nSPS) is 32.5.